The molecule has 7 nitrogen and oxygen atoms in total. The summed E-state index contributed by atoms with van der Waals surface area (Å²) in [5.74, 6) is 0.147. The van der Waals surface area contributed by atoms with Gasteiger partial charge in [-0.05, 0) is 12.1 Å². The molecule has 2 heterocycles. The van der Waals surface area contributed by atoms with Crippen LogP contribution in [0, 0.1) is 0 Å². The van der Waals surface area contributed by atoms with Gasteiger partial charge in [-0.15, -0.1) is 0 Å². The molecule has 0 bridgehead atoms. The van der Waals surface area contributed by atoms with Crippen LogP contribution < -0.4 is 5.73 Å². The van der Waals surface area contributed by atoms with Gasteiger partial charge in [-0.2, -0.15) is 5.10 Å². The summed E-state index contributed by atoms with van der Waals surface area (Å²) in [5, 5.41) is 13.3. The van der Waals surface area contributed by atoms with Gasteiger partial charge in [-0.25, -0.2) is 0 Å². The van der Waals surface area contributed by atoms with Crippen molar-refractivity contribution < 1.29 is 19.1 Å². The number of primary amides is 1. The van der Waals surface area contributed by atoms with Gasteiger partial charge >= 0.3 is 0 Å². The van der Waals surface area contributed by atoms with Crippen molar-refractivity contribution in [3.8, 4) is 11.3 Å². The van der Waals surface area contributed by atoms with Gasteiger partial charge in [-0.3, -0.25) is 14.7 Å². The summed E-state index contributed by atoms with van der Waals surface area (Å²) in [6.45, 7) is -0.250. The van der Waals surface area contributed by atoms with E-state index in [1.165, 1.54) is 6.07 Å². The summed E-state index contributed by atoms with van der Waals surface area (Å²) in [4.78, 5) is 19.0. The molecule has 4 N–H and O–H groups in total. The maximum absolute atomic E-state index is 10.7. The zero-order chi connectivity index (χ0) is 12.0. The number of nitrogens with zero attached hydrogens (tertiary/aromatic N) is 1. The third-order valence-electron chi connectivity index (χ3n) is 1.63. The van der Waals surface area contributed by atoms with E-state index in [2.05, 4.69) is 10.2 Å². The van der Waals surface area contributed by atoms with Crippen molar-refractivity contribution in [1.29, 1.82) is 0 Å². The van der Waals surface area contributed by atoms with E-state index in [9.17, 15) is 4.79 Å². The summed E-state index contributed by atoms with van der Waals surface area (Å²) < 4.78 is 5.15. The fraction of sp³-hybridized carbons (Fsp3) is 0. The normalized spacial score (nSPS) is 9.00. The first-order valence-electron chi connectivity index (χ1n) is 4.15. The van der Waals surface area contributed by atoms with Crippen LogP contribution in [0.1, 0.15) is 10.6 Å². The molecule has 7 heteroatoms. The van der Waals surface area contributed by atoms with Gasteiger partial charge in [0.2, 0.25) is 0 Å². The Morgan fingerprint density at radius 3 is 2.69 bits per heavy atom. The average Bonchev–Trinajstić information content (AvgIpc) is 2.90. The smallest absolute Gasteiger partial charge is 0.290 e. The molecule has 84 valence electrons. The fourth-order valence-corrected chi connectivity index (χ4v) is 1.01. The number of nitrogens with two attached hydrogens (primary N) is 1. The molecule has 0 aliphatic heterocycles. The molecule has 0 unspecified atom stereocenters. The maximum atomic E-state index is 10.7. The van der Waals surface area contributed by atoms with Crippen molar-refractivity contribution in [2.24, 2.45) is 5.73 Å². The van der Waals surface area contributed by atoms with Crippen molar-refractivity contribution in [3.05, 3.63) is 30.3 Å². The van der Waals surface area contributed by atoms with Gasteiger partial charge in [0.05, 0.1) is 11.8 Å². The minimum absolute atomic E-state index is 0.149. The van der Waals surface area contributed by atoms with Crippen LogP contribution in [0.2, 0.25) is 0 Å². The van der Waals surface area contributed by atoms with Crippen LogP contribution in [0.4, 0.5) is 0 Å². The lowest BCUT2D eigenvalue weighted by Crippen LogP contribution is -2.09. The molecule has 2 rings (SSSR count). The first-order valence-corrected chi connectivity index (χ1v) is 4.15. The number of carbonyl (C=O) groups excluding carboxylic acids is 1. The number of nitrogens with one attached hydrogen (secondary N) is 1. The first-order chi connectivity index (χ1) is 7.69. The number of furan rings is 1. The Hall–Kier alpha value is -2.57. The molecule has 0 aromatic carbocycles. The van der Waals surface area contributed by atoms with Gasteiger partial charge in [0.1, 0.15) is 5.76 Å². The largest absolute Gasteiger partial charge is 0.483 e. The zero-order valence-corrected chi connectivity index (χ0v) is 8.08. The Balaban J connectivity index is 0.000000386. The van der Waals surface area contributed by atoms with Crippen LogP contribution in [-0.2, 0) is 4.79 Å². The van der Waals surface area contributed by atoms with Gasteiger partial charge in [0, 0.05) is 6.20 Å². The second-order valence-corrected chi connectivity index (χ2v) is 2.62. The fourth-order valence-electron chi connectivity index (χ4n) is 1.01. The highest BCUT2D eigenvalue weighted by atomic mass is 16.4. The third kappa shape index (κ3) is 2.71. The maximum Gasteiger partial charge on any atom is 0.290 e. The number of aromatic nitrogens is 2. The standard InChI is InChI=1S/C8H7N3O2.CH2O2/c9-8(12)7-2-1-6(13-7)5-3-10-11-4-5;2-1-3/h1-4H,(H2,9,12)(H,10,11);1H,(H,2,3). The lowest BCUT2D eigenvalue weighted by atomic mass is 10.3. The van der Waals surface area contributed by atoms with Crippen molar-refractivity contribution in [2.45, 2.75) is 0 Å². The van der Waals surface area contributed by atoms with E-state index in [-0.39, 0.29) is 12.2 Å². The van der Waals surface area contributed by atoms with E-state index in [4.69, 9.17) is 20.1 Å². The SMILES string of the molecule is NC(=O)c1ccc(-c2cn[nH]c2)o1.O=CO. The number of amides is 1. The van der Waals surface area contributed by atoms with E-state index in [0.29, 0.717) is 5.76 Å². The predicted molar refractivity (Wildman–Crippen MR) is 53.5 cm³/mol. The molecule has 0 saturated carbocycles. The van der Waals surface area contributed by atoms with Gasteiger partial charge < -0.3 is 15.3 Å². The van der Waals surface area contributed by atoms with Crippen LogP contribution in [0.25, 0.3) is 11.3 Å². The number of hydrogen-bond acceptors (Lipinski definition) is 4. The molecular formula is C9H9N3O4. The number of carbonyl (C=O) groups is 2. The van der Waals surface area contributed by atoms with Crippen molar-refractivity contribution >= 4 is 12.4 Å². The van der Waals surface area contributed by atoms with Gasteiger partial charge in [0.25, 0.3) is 12.4 Å². The van der Waals surface area contributed by atoms with Crippen LogP contribution >= 0.6 is 0 Å². The quantitative estimate of drug-likeness (QED) is 0.638. The molecule has 0 atom stereocenters. The molecule has 0 saturated heterocycles. The summed E-state index contributed by atoms with van der Waals surface area (Å²) >= 11 is 0. The number of H-pyrrole nitrogens is 1. The van der Waals surface area contributed by atoms with Crippen LogP contribution in [0.15, 0.2) is 28.9 Å². The molecule has 0 aliphatic rings. The highest BCUT2D eigenvalue weighted by molar-refractivity contribution is 5.90. The molecule has 0 fully saturated rings. The van der Waals surface area contributed by atoms with Crippen molar-refractivity contribution in [1.82, 2.24) is 10.2 Å². The molecular weight excluding hydrogens is 214 g/mol. The summed E-state index contributed by atoms with van der Waals surface area (Å²) in [7, 11) is 0. The Bertz CT molecular complexity index is 461. The van der Waals surface area contributed by atoms with E-state index in [1.54, 1.807) is 18.5 Å². The topological polar surface area (TPSA) is 122 Å². The average molecular weight is 223 g/mol. The molecule has 16 heavy (non-hydrogen) atoms. The summed E-state index contributed by atoms with van der Waals surface area (Å²) in [6.07, 6.45) is 3.27. The third-order valence-corrected chi connectivity index (χ3v) is 1.63. The predicted octanol–water partition coefficient (Wildman–Crippen LogP) is 0.469. The summed E-state index contributed by atoms with van der Waals surface area (Å²) in [6, 6.07) is 3.20. The Labute approximate surface area is 89.9 Å². The second kappa shape index (κ2) is 5.35. The molecule has 0 aliphatic carbocycles. The highest BCUT2D eigenvalue weighted by Crippen LogP contribution is 2.19. The molecule has 0 spiro atoms. The van der Waals surface area contributed by atoms with E-state index in [0.717, 1.165) is 5.56 Å². The van der Waals surface area contributed by atoms with E-state index in [1.807, 2.05) is 0 Å². The van der Waals surface area contributed by atoms with E-state index < -0.39 is 5.91 Å². The van der Waals surface area contributed by atoms with Crippen molar-refractivity contribution in [3.63, 3.8) is 0 Å². The van der Waals surface area contributed by atoms with Crippen LogP contribution in [0.5, 0.6) is 0 Å². The molecule has 1 amide bonds. The van der Waals surface area contributed by atoms with Crippen molar-refractivity contribution in [2.75, 3.05) is 0 Å². The van der Waals surface area contributed by atoms with Crippen LogP contribution in [-0.4, -0.2) is 27.7 Å². The summed E-state index contributed by atoms with van der Waals surface area (Å²) in [5.41, 5.74) is 5.81. The number of rotatable bonds is 2. The van der Waals surface area contributed by atoms with Gasteiger partial charge in [-0.1, -0.05) is 0 Å². The molecule has 2 aromatic heterocycles. The minimum Gasteiger partial charge on any atom is -0.483 e. The zero-order valence-electron chi connectivity index (χ0n) is 8.08. The molecule has 2 aromatic rings. The highest BCUT2D eigenvalue weighted by Gasteiger charge is 2.08. The lowest BCUT2D eigenvalue weighted by molar-refractivity contribution is -0.122. The van der Waals surface area contributed by atoms with E-state index >= 15 is 0 Å². The first kappa shape index (κ1) is 11.5. The van der Waals surface area contributed by atoms with Crippen LogP contribution in [0.3, 0.4) is 0 Å². The monoisotopic (exact) mass is 223 g/mol. The Kier molecular flexibility index (Phi) is 3.84. The Morgan fingerprint density at radius 2 is 2.25 bits per heavy atom. The Morgan fingerprint density at radius 1 is 1.56 bits per heavy atom. The molecule has 0 radical (unpaired) electrons. The second-order valence-electron chi connectivity index (χ2n) is 2.62. The number of carboxylic acid groups (broad SMARTS) is 1. The number of hydrogen-bond donors (Lipinski definition) is 3. The van der Waals surface area contributed by atoms with Gasteiger partial charge in [0.15, 0.2) is 5.76 Å². The minimum atomic E-state index is -0.574. The number of aromatic amines is 1. The lowest BCUT2D eigenvalue weighted by Gasteiger charge is -1.88.